The molecule has 0 radical (unpaired) electrons. The van der Waals surface area contributed by atoms with Crippen molar-refractivity contribution in [1.82, 2.24) is 0 Å². The molecule has 0 saturated carbocycles. The van der Waals surface area contributed by atoms with E-state index in [0.717, 1.165) is 0 Å². The topological polar surface area (TPSA) is 36.9 Å². The summed E-state index contributed by atoms with van der Waals surface area (Å²) >= 11 is 0. The van der Waals surface area contributed by atoms with E-state index in [0.29, 0.717) is 26.4 Å². The van der Waals surface area contributed by atoms with E-state index in [9.17, 15) is 0 Å². The van der Waals surface area contributed by atoms with E-state index in [2.05, 4.69) is 5.92 Å². The Hall–Kier alpha value is -0.600. The summed E-state index contributed by atoms with van der Waals surface area (Å²) < 4.78 is 21.8. The molecule has 0 fully saturated rings. The highest BCUT2D eigenvalue weighted by atomic mass is 16.8. The molecule has 0 bridgehead atoms. The molecule has 0 saturated heterocycles. The fourth-order valence-electron chi connectivity index (χ4n) is 1.33. The van der Waals surface area contributed by atoms with Crippen LogP contribution in [0, 0.1) is 12.3 Å². The molecule has 0 spiro atoms. The first kappa shape index (κ1) is 15.4. The van der Waals surface area contributed by atoms with Crippen LogP contribution < -0.4 is 0 Å². The predicted octanol–water partition coefficient (Wildman–Crippen LogP) is 1.79. The number of ether oxygens (including phenoxy) is 4. The molecule has 4 heteroatoms. The maximum Gasteiger partial charge on any atom is 0.286 e. The van der Waals surface area contributed by atoms with Crippen LogP contribution in [0.2, 0.25) is 0 Å². The first-order chi connectivity index (χ1) is 7.70. The van der Waals surface area contributed by atoms with Gasteiger partial charge < -0.3 is 18.9 Å². The van der Waals surface area contributed by atoms with Crippen molar-refractivity contribution >= 4 is 0 Å². The highest BCUT2D eigenvalue weighted by molar-refractivity contribution is 5.05. The van der Waals surface area contributed by atoms with Crippen molar-refractivity contribution < 1.29 is 18.9 Å². The number of terminal acetylenes is 1. The zero-order chi connectivity index (χ0) is 12.4. The second-order valence-corrected chi connectivity index (χ2v) is 2.92. The smallest absolute Gasteiger partial charge is 0.286 e. The molecular formula is C12H22O4. The molecule has 0 rings (SSSR count). The van der Waals surface area contributed by atoms with E-state index in [-0.39, 0.29) is 0 Å². The van der Waals surface area contributed by atoms with Crippen LogP contribution >= 0.6 is 0 Å². The zero-order valence-corrected chi connectivity index (χ0v) is 10.6. The molecule has 0 aliphatic rings. The Balaban J connectivity index is 4.83. The summed E-state index contributed by atoms with van der Waals surface area (Å²) in [6.45, 7) is 9.25. The van der Waals surface area contributed by atoms with Gasteiger partial charge in [0.25, 0.3) is 5.79 Å². The van der Waals surface area contributed by atoms with Crippen LogP contribution in [-0.4, -0.2) is 38.5 Å². The van der Waals surface area contributed by atoms with Gasteiger partial charge in [0.05, 0.1) is 0 Å². The third kappa shape index (κ3) is 4.11. The minimum absolute atomic E-state index is 0.431. The lowest BCUT2D eigenvalue weighted by molar-refractivity contribution is -0.321. The Kier molecular flexibility index (Phi) is 8.22. The normalized spacial score (nSPS) is 11.8. The highest BCUT2D eigenvalue weighted by Crippen LogP contribution is 2.21. The van der Waals surface area contributed by atoms with Gasteiger partial charge in [0.2, 0.25) is 6.29 Å². The van der Waals surface area contributed by atoms with Crippen molar-refractivity contribution in [3.05, 3.63) is 0 Å². The summed E-state index contributed by atoms with van der Waals surface area (Å²) in [6, 6.07) is 0. The maximum absolute atomic E-state index is 5.48. The zero-order valence-electron chi connectivity index (χ0n) is 10.6. The number of hydrogen-bond donors (Lipinski definition) is 0. The predicted molar refractivity (Wildman–Crippen MR) is 61.9 cm³/mol. The van der Waals surface area contributed by atoms with E-state index >= 15 is 0 Å². The maximum atomic E-state index is 5.48. The number of rotatable bonds is 9. The molecular weight excluding hydrogens is 208 g/mol. The van der Waals surface area contributed by atoms with E-state index in [1.54, 1.807) is 0 Å². The largest absolute Gasteiger partial charge is 0.347 e. The van der Waals surface area contributed by atoms with Gasteiger partial charge in [-0.1, -0.05) is 0 Å². The van der Waals surface area contributed by atoms with Crippen molar-refractivity contribution in [2.45, 2.75) is 39.8 Å². The van der Waals surface area contributed by atoms with Gasteiger partial charge in [-0.3, -0.25) is 0 Å². The molecule has 0 N–H and O–H groups in total. The third-order valence-electron chi connectivity index (χ3n) is 1.87. The average Bonchev–Trinajstić information content (AvgIpc) is 2.28. The standard InChI is InChI=1S/C12H22O4/c1-6-12(15-9-4,16-10-5)11(13-7-2)14-8-3/h1,11H,7-10H2,2-5H3. The van der Waals surface area contributed by atoms with E-state index in [1.165, 1.54) is 0 Å². The Bertz CT molecular complexity index is 198. The SMILES string of the molecule is C#CC(OCC)(OCC)C(OCC)OCC. The Labute approximate surface area is 98.2 Å². The van der Waals surface area contributed by atoms with Gasteiger partial charge in [-0.05, 0) is 33.6 Å². The molecule has 0 heterocycles. The fraction of sp³-hybridized carbons (Fsp3) is 0.833. The molecule has 4 nitrogen and oxygen atoms in total. The van der Waals surface area contributed by atoms with Crippen molar-refractivity contribution in [2.24, 2.45) is 0 Å². The van der Waals surface area contributed by atoms with Crippen LogP contribution in [0.5, 0.6) is 0 Å². The fourth-order valence-corrected chi connectivity index (χ4v) is 1.33. The van der Waals surface area contributed by atoms with Gasteiger partial charge in [-0.15, -0.1) is 6.42 Å². The van der Waals surface area contributed by atoms with Crippen LogP contribution in [0.15, 0.2) is 0 Å². The first-order valence-electron chi connectivity index (χ1n) is 5.69. The summed E-state index contributed by atoms with van der Waals surface area (Å²) in [5.74, 6) is 1.24. The van der Waals surface area contributed by atoms with Gasteiger partial charge in [0.1, 0.15) is 0 Å². The van der Waals surface area contributed by atoms with Gasteiger partial charge >= 0.3 is 0 Å². The summed E-state index contributed by atoms with van der Waals surface area (Å²) in [4.78, 5) is 0. The van der Waals surface area contributed by atoms with Crippen molar-refractivity contribution in [3.8, 4) is 12.3 Å². The quantitative estimate of drug-likeness (QED) is 0.447. The summed E-state index contributed by atoms with van der Waals surface area (Å²) in [5.41, 5.74) is 0. The minimum atomic E-state index is -1.25. The third-order valence-corrected chi connectivity index (χ3v) is 1.87. The Morgan fingerprint density at radius 3 is 1.62 bits per heavy atom. The highest BCUT2D eigenvalue weighted by Gasteiger charge is 2.41. The minimum Gasteiger partial charge on any atom is -0.347 e. The van der Waals surface area contributed by atoms with E-state index in [1.807, 2.05) is 27.7 Å². The van der Waals surface area contributed by atoms with Crippen LogP contribution in [0.3, 0.4) is 0 Å². The first-order valence-corrected chi connectivity index (χ1v) is 5.69. The molecule has 0 amide bonds. The van der Waals surface area contributed by atoms with E-state index < -0.39 is 12.1 Å². The summed E-state index contributed by atoms with van der Waals surface area (Å²) in [7, 11) is 0. The van der Waals surface area contributed by atoms with Gasteiger partial charge in [-0.25, -0.2) is 0 Å². The Morgan fingerprint density at radius 2 is 1.38 bits per heavy atom. The molecule has 0 aromatic rings. The van der Waals surface area contributed by atoms with Gasteiger partial charge in [0.15, 0.2) is 0 Å². The van der Waals surface area contributed by atoms with E-state index in [4.69, 9.17) is 25.4 Å². The van der Waals surface area contributed by atoms with Gasteiger partial charge in [-0.2, -0.15) is 0 Å². The van der Waals surface area contributed by atoms with Crippen LogP contribution in [-0.2, 0) is 18.9 Å². The van der Waals surface area contributed by atoms with Gasteiger partial charge in [0, 0.05) is 26.4 Å². The van der Waals surface area contributed by atoms with Crippen molar-refractivity contribution in [2.75, 3.05) is 26.4 Å². The molecule has 0 aromatic carbocycles. The summed E-state index contributed by atoms with van der Waals surface area (Å²) in [6.07, 6.45) is 4.78. The monoisotopic (exact) mass is 230 g/mol. The molecule has 0 aliphatic heterocycles. The summed E-state index contributed by atoms with van der Waals surface area (Å²) in [5, 5.41) is 0. The van der Waals surface area contributed by atoms with Crippen LogP contribution in [0.4, 0.5) is 0 Å². The lowest BCUT2D eigenvalue weighted by Crippen LogP contribution is -2.49. The molecule has 0 aliphatic carbocycles. The van der Waals surface area contributed by atoms with Crippen molar-refractivity contribution in [3.63, 3.8) is 0 Å². The van der Waals surface area contributed by atoms with Crippen LogP contribution in [0.1, 0.15) is 27.7 Å². The molecule has 16 heavy (non-hydrogen) atoms. The lowest BCUT2D eigenvalue weighted by atomic mass is 10.2. The Morgan fingerprint density at radius 1 is 0.938 bits per heavy atom. The molecule has 0 unspecified atom stereocenters. The second kappa shape index (κ2) is 8.54. The van der Waals surface area contributed by atoms with Crippen molar-refractivity contribution in [1.29, 1.82) is 0 Å². The number of hydrogen-bond acceptors (Lipinski definition) is 4. The molecule has 94 valence electrons. The molecule has 0 aromatic heterocycles. The molecule has 0 atom stereocenters. The lowest BCUT2D eigenvalue weighted by Gasteiger charge is -2.34. The second-order valence-electron chi connectivity index (χ2n) is 2.92. The van der Waals surface area contributed by atoms with Crippen LogP contribution in [0.25, 0.3) is 0 Å². The average molecular weight is 230 g/mol.